The third-order valence-electron chi connectivity index (χ3n) is 5.75. The molecule has 2 heterocycles. The zero-order chi connectivity index (χ0) is 32.2. The van der Waals surface area contributed by atoms with Gasteiger partial charge in [-0.05, 0) is 43.5 Å². The zero-order valence-corrected chi connectivity index (χ0v) is 29.1. The third-order valence-corrected chi connectivity index (χ3v) is 5.75. The van der Waals surface area contributed by atoms with Crippen molar-refractivity contribution in [2.75, 3.05) is 75.2 Å². The number of aryl methyl sites for hydroxylation is 1. The van der Waals surface area contributed by atoms with Gasteiger partial charge in [0.1, 0.15) is 6.61 Å². The molecule has 2 aromatic rings. The van der Waals surface area contributed by atoms with Gasteiger partial charge in [0.05, 0.1) is 36.5 Å². The smallest absolute Gasteiger partial charge is 0.215 e. The number of ether oxygens (including phenoxy) is 2. The molecule has 0 radical (unpaired) electrons. The van der Waals surface area contributed by atoms with Crippen LogP contribution in [0.25, 0.3) is 0 Å². The molecular weight excluding hydrogens is 524 g/mol. The standard InChI is InChI=1S/C26H40N6O2.4C2H6/c1-5-9-32(10-6-2)23-18-22(20-28-30-25-17-21(3)7-8-24(25)27-4)29-26(19-23)34-16-13-31-11-14-33-15-12-31;4*1-2/h7-8,17-20,27,30H,5-6,9-16H2,1-4H3;4*1-2H3/b28-20+;;;;. The van der Waals surface area contributed by atoms with Gasteiger partial charge in [0.25, 0.3) is 0 Å². The minimum atomic E-state index is 0.599. The van der Waals surface area contributed by atoms with Gasteiger partial charge in [-0.3, -0.25) is 10.3 Å². The lowest BCUT2D eigenvalue weighted by Gasteiger charge is -2.26. The molecular formula is C34H64N6O2. The van der Waals surface area contributed by atoms with E-state index < -0.39 is 0 Å². The lowest BCUT2D eigenvalue weighted by Crippen LogP contribution is -2.38. The highest BCUT2D eigenvalue weighted by Crippen LogP contribution is 2.24. The number of hydrogen-bond donors (Lipinski definition) is 2. The summed E-state index contributed by atoms with van der Waals surface area (Å²) >= 11 is 0. The molecule has 3 rings (SSSR count). The van der Waals surface area contributed by atoms with Crippen molar-refractivity contribution in [1.82, 2.24) is 9.88 Å². The number of nitrogens with zero attached hydrogens (tertiary/aromatic N) is 4. The molecule has 0 saturated carbocycles. The van der Waals surface area contributed by atoms with Gasteiger partial charge >= 0.3 is 0 Å². The second-order valence-corrected chi connectivity index (χ2v) is 8.55. The highest BCUT2D eigenvalue weighted by atomic mass is 16.5. The van der Waals surface area contributed by atoms with Gasteiger partial charge in [-0.25, -0.2) is 4.98 Å². The molecule has 8 heteroatoms. The average molecular weight is 589 g/mol. The molecule has 8 nitrogen and oxygen atoms in total. The van der Waals surface area contributed by atoms with Gasteiger partial charge in [0, 0.05) is 51.5 Å². The summed E-state index contributed by atoms with van der Waals surface area (Å²) in [6.07, 6.45) is 3.93. The highest BCUT2D eigenvalue weighted by molar-refractivity contribution is 5.81. The Morgan fingerprint density at radius 2 is 1.55 bits per heavy atom. The molecule has 0 amide bonds. The van der Waals surface area contributed by atoms with Crippen molar-refractivity contribution in [1.29, 1.82) is 0 Å². The number of aromatic nitrogens is 1. The van der Waals surface area contributed by atoms with Crippen LogP contribution >= 0.6 is 0 Å². The molecule has 0 spiro atoms. The first-order valence-corrected chi connectivity index (χ1v) is 16.4. The van der Waals surface area contributed by atoms with Crippen LogP contribution in [0.5, 0.6) is 5.88 Å². The van der Waals surface area contributed by atoms with E-state index in [0.29, 0.717) is 12.5 Å². The second kappa shape index (κ2) is 28.3. The Hall–Kier alpha value is -2.84. The number of anilines is 3. The summed E-state index contributed by atoms with van der Waals surface area (Å²) in [4.78, 5) is 9.47. The first-order valence-electron chi connectivity index (χ1n) is 16.4. The summed E-state index contributed by atoms with van der Waals surface area (Å²) in [5.74, 6) is 0.635. The highest BCUT2D eigenvalue weighted by Gasteiger charge is 2.12. The van der Waals surface area contributed by atoms with E-state index in [1.165, 1.54) is 5.56 Å². The minimum absolute atomic E-state index is 0.599. The molecule has 1 aromatic heterocycles. The molecule has 0 atom stereocenters. The SMILES string of the molecule is CC.CC.CC.CC.CCCN(CCC)c1cc(/C=N/Nc2cc(C)ccc2NC)nc(OCCN2CCOCC2)c1. The maximum absolute atomic E-state index is 6.10. The Kier molecular flexibility index (Phi) is 27.8. The first-order chi connectivity index (χ1) is 20.6. The molecule has 0 aliphatic carbocycles. The van der Waals surface area contributed by atoms with E-state index in [2.05, 4.69) is 70.7 Å². The van der Waals surface area contributed by atoms with E-state index in [1.54, 1.807) is 6.21 Å². The zero-order valence-electron chi connectivity index (χ0n) is 29.1. The van der Waals surface area contributed by atoms with Crippen LogP contribution in [0, 0.1) is 6.92 Å². The Morgan fingerprint density at radius 3 is 2.12 bits per heavy atom. The number of hydrazone groups is 1. The van der Waals surface area contributed by atoms with Crippen molar-refractivity contribution < 1.29 is 9.47 Å². The topological polar surface area (TPSA) is 74.2 Å². The van der Waals surface area contributed by atoms with Gasteiger partial charge in [-0.2, -0.15) is 5.10 Å². The molecule has 42 heavy (non-hydrogen) atoms. The van der Waals surface area contributed by atoms with E-state index in [9.17, 15) is 0 Å². The molecule has 1 aliphatic rings. The van der Waals surface area contributed by atoms with Crippen LogP contribution < -0.4 is 20.4 Å². The number of benzene rings is 1. The van der Waals surface area contributed by atoms with Crippen molar-refractivity contribution in [3.05, 3.63) is 41.6 Å². The number of hydrogen-bond acceptors (Lipinski definition) is 8. The van der Waals surface area contributed by atoms with Crippen molar-refractivity contribution in [2.45, 2.75) is 89.0 Å². The fraction of sp³-hybridized carbons (Fsp3) is 0.647. The molecule has 1 fully saturated rings. The second-order valence-electron chi connectivity index (χ2n) is 8.55. The van der Waals surface area contributed by atoms with Crippen molar-refractivity contribution in [2.24, 2.45) is 5.10 Å². The van der Waals surface area contributed by atoms with Crippen molar-refractivity contribution in [3.8, 4) is 5.88 Å². The van der Waals surface area contributed by atoms with Crippen LogP contribution in [0.15, 0.2) is 35.4 Å². The van der Waals surface area contributed by atoms with Gasteiger partial charge in [0.15, 0.2) is 0 Å². The number of rotatable bonds is 13. The minimum Gasteiger partial charge on any atom is -0.476 e. The van der Waals surface area contributed by atoms with E-state index in [-0.39, 0.29) is 0 Å². The molecule has 1 aliphatic heterocycles. The largest absolute Gasteiger partial charge is 0.476 e. The van der Waals surface area contributed by atoms with Crippen LogP contribution in [0.2, 0.25) is 0 Å². The Labute approximate surface area is 259 Å². The van der Waals surface area contributed by atoms with E-state index in [1.807, 2.05) is 68.5 Å². The van der Waals surface area contributed by atoms with Crippen LogP contribution in [-0.2, 0) is 4.74 Å². The monoisotopic (exact) mass is 589 g/mol. The maximum Gasteiger partial charge on any atom is 0.215 e. The average Bonchev–Trinajstić information content (AvgIpc) is 3.05. The van der Waals surface area contributed by atoms with Crippen molar-refractivity contribution in [3.63, 3.8) is 0 Å². The summed E-state index contributed by atoms with van der Waals surface area (Å²) in [6, 6.07) is 10.3. The molecule has 0 unspecified atom stereocenters. The lowest BCUT2D eigenvalue weighted by molar-refractivity contribution is 0.0320. The van der Waals surface area contributed by atoms with E-state index in [0.717, 1.165) is 81.5 Å². The van der Waals surface area contributed by atoms with Crippen LogP contribution in [0.4, 0.5) is 17.1 Å². The predicted octanol–water partition coefficient (Wildman–Crippen LogP) is 8.32. The Balaban J connectivity index is 0. The summed E-state index contributed by atoms with van der Waals surface area (Å²) in [5.41, 5.74) is 8.13. The molecule has 1 saturated heterocycles. The number of nitrogens with one attached hydrogen (secondary N) is 2. The van der Waals surface area contributed by atoms with Crippen molar-refractivity contribution >= 4 is 23.3 Å². The van der Waals surface area contributed by atoms with Gasteiger partial charge < -0.3 is 19.7 Å². The molecule has 0 bridgehead atoms. The predicted molar refractivity (Wildman–Crippen MR) is 187 cm³/mol. The summed E-state index contributed by atoms with van der Waals surface area (Å²) in [6.45, 7) is 29.4. The third kappa shape index (κ3) is 16.6. The Bertz CT molecular complexity index is 911. The fourth-order valence-corrected chi connectivity index (χ4v) is 3.98. The first kappa shape index (κ1) is 41.3. The van der Waals surface area contributed by atoms with Crippen LogP contribution in [0.3, 0.4) is 0 Å². The molecule has 242 valence electrons. The quantitative estimate of drug-likeness (QED) is 0.180. The van der Waals surface area contributed by atoms with Crippen LogP contribution in [0.1, 0.15) is 93.3 Å². The van der Waals surface area contributed by atoms with Gasteiger partial charge in [0.2, 0.25) is 5.88 Å². The number of morpholine rings is 1. The van der Waals surface area contributed by atoms with Crippen LogP contribution in [-0.4, -0.2) is 75.7 Å². The molecule has 2 N–H and O–H groups in total. The summed E-state index contributed by atoms with van der Waals surface area (Å²) in [5, 5.41) is 7.67. The lowest BCUT2D eigenvalue weighted by atomic mass is 10.2. The summed E-state index contributed by atoms with van der Waals surface area (Å²) in [7, 11) is 1.90. The maximum atomic E-state index is 6.10. The normalized spacial score (nSPS) is 12.2. The van der Waals surface area contributed by atoms with Gasteiger partial charge in [-0.15, -0.1) is 0 Å². The Morgan fingerprint density at radius 1 is 0.929 bits per heavy atom. The van der Waals surface area contributed by atoms with E-state index in [4.69, 9.17) is 14.5 Å². The van der Waals surface area contributed by atoms with E-state index >= 15 is 0 Å². The van der Waals surface area contributed by atoms with Gasteiger partial charge in [-0.1, -0.05) is 75.3 Å². The molecule has 1 aromatic carbocycles. The summed E-state index contributed by atoms with van der Waals surface area (Å²) < 4.78 is 11.5. The number of pyridine rings is 1. The fourth-order valence-electron chi connectivity index (χ4n) is 3.98.